The molecule has 1 aliphatic heterocycles. The first-order valence-electron chi connectivity index (χ1n) is 11.1. The number of piperazine rings is 1. The van der Waals surface area contributed by atoms with E-state index in [0.717, 1.165) is 5.56 Å². The van der Waals surface area contributed by atoms with Crippen LogP contribution in [-0.4, -0.2) is 91.0 Å². The Morgan fingerprint density at radius 3 is 2.34 bits per heavy atom. The summed E-state index contributed by atoms with van der Waals surface area (Å²) in [5.41, 5.74) is 5.32. The molecule has 1 amide bonds. The standard InChI is InChI=1S/C22H29F3N6O4/c1-35-12-11-30(17(32)14-28-7-9-29(10-8-28)15-22(23,24)25)18-19(26)31(21(34)27-20(18)33)13-16-5-3-2-4-6-16/h2-6H,7-15,26H2,1H3,(H,27,33,34). The van der Waals surface area contributed by atoms with E-state index in [4.69, 9.17) is 10.5 Å². The highest BCUT2D eigenvalue weighted by atomic mass is 19.4. The van der Waals surface area contributed by atoms with Gasteiger partial charge in [0.15, 0.2) is 5.69 Å². The summed E-state index contributed by atoms with van der Waals surface area (Å²) < 4.78 is 44.2. The molecule has 1 aliphatic rings. The molecule has 0 spiro atoms. The number of nitrogens with one attached hydrogen (secondary N) is 1. The van der Waals surface area contributed by atoms with E-state index in [9.17, 15) is 27.6 Å². The van der Waals surface area contributed by atoms with Gasteiger partial charge in [0.05, 0.1) is 26.2 Å². The van der Waals surface area contributed by atoms with E-state index < -0.39 is 29.9 Å². The molecule has 1 saturated heterocycles. The summed E-state index contributed by atoms with van der Waals surface area (Å²) in [6.07, 6.45) is -4.28. The van der Waals surface area contributed by atoms with Crippen LogP contribution in [0.5, 0.6) is 0 Å². The van der Waals surface area contributed by atoms with E-state index in [0.29, 0.717) is 0 Å². The molecule has 0 unspecified atom stereocenters. The van der Waals surface area contributed by atoms with Crippen LogP contribution < -0.4 is 21.9 Å². The van der Waals surface area contributed by atoms with Gasteiger partial charge in [0.25, 0.3) is 5.56 Å². The molecule has 0 atom stereocenters. The summed E-state index contributed by atoms with van der Waals surface area (Å²) in [7, 11) is 1.44. The average Bonchev–Trinajstić information content (AvgIpc) is 2.79. The van der Waals surface area contributed by atoms with Crippen LogP contribution in [0.2, 0.25) is 0 Å². The first-order valence-corrected chi connectivity index (χ1v) is 11.1. The third kappa shape index (κ3) is 7.16. The second-order valence-electron chi connectivity index (χ2n) is 8.27. The molecule has 1 aromatic carbocycles. The topological polar surface area (TPSA) is 117 Å². The first-order chi connectivity index (χ1) is 16.6. The Morgan fingerprint density at radius 2 is 1.74 bits per heavy atom. The fourth-order valence-corrected chi connectivity index (χ4v) is 3.94. The number of alkyl halides is 3. The predicted molar refractivity (Wildman–Crippen MR) is 124 cm³/mol. The van der Waals surface area contributed by atoms with Crippen molar-refractivity contribution in [1.82, 2.24) is 19.4 Å². The van der Waals surface area contributed by atoms with Crippen molar-refractivity contribution in [1.29, 1.82) is 0 Å². The molecular formula is C22H29F3N6O4. The maximum absolute atomic E-state index is 13.2. The van der Waals surface area contributed by atoms with Gasteiger partial charge < -0.3 is 15.4 Å². The van der Waals surface area contributed by atoms with Crippen molar-refractivity contribution in [3.63, 3.8) is 0 Å². The molecule has 2 aromatic rings. The Hall–Kier alpha value is -3.16. The molecule has 192 valence electrons. The zero-order valence-corrected chi connectivity index (χ0v) is 19.4. The molecule has 3 N–H and O–H groups in total. The van der Waals surface area contributed by atoms with E-state index >= 15 is 0 Å². The normalized spacial score (nSPS) is 15.3. The first kappa shape index (κ1) is 26.4. The van der Waals surface area contributed by atoms with Crippen LogP contribution in [0.25, 0.3) is 0 Å². The number of aromatic amines is 1. The van der Waals surface area contributed by atoms with Crippen molar-refractivity contribution in [2.45, 2.75) is 12.7 Å². The van der Waals surface area contributed by atoms with E-state index in [1.807, 2.05) is 6.07 Å². The number of hydrogen-bond donors (Lipinski definition) is 2. The predicted octanol–water partition coefficient (Wildman–Crippen LogP) is 0.326. The molecular weight excluding hydrogens is 469 g/mol. The number of aromatic nitrogens is 2. The van der Waals surface area contributed by atoms with Crippen LogP contribution in [-0.2, 0) is 16.1 Å². The molecule has 35 heavy (non-hydrogen) atoms. The number of benzene rings is 1. The largest absolute Gasteiger partial charge is 0.401 e. The van der Waals surface area contributed by atoms with E-state index in [1.165, 1.54) is 21.5 Å². The smallest absolute Gasteiger partial charge is 0.383 e. The van der Waals surface area contributed by atoms with Gasteiger partial charge in [-0.05, 0) is 5.56 Å². The summed E-state index contributed by atoms with van der Waals surface area (Å²) >= 11 is 0. The molecule has 3 rings (SSSR count). The fourth-order valence-electron chi connectivity index (χ4n) is 3.94. The quantitative estimate of drug-likeness (QED) is 0.512. The fraction of sp³-hybridized carbons (Fsp3) is 0.500. The highest BCUT2D eigenvalue weighted by molar-refractivity contribution is 5.96. The lowest BCUT2D eigenvalue weighted by Gasteiger charge is -2.35. The zero-order valence-electron chi connectivity index (χ0n) is 19.4. The number of nitrogens with zero attached hydrogens (tertiary/aromatic N) is 4. The lowest BCUT2D eigenvalue weighted by molar-refractivity contribution is -0.149. The van der Waals surface area contributed by atoms with Crippen molar-refractivity contribution in [2.24, 2.45) is 0 Å². The summed E-state index contributed by atoms with van der Waals surface area (Å²) in [5.74, 6) is -0.643. The Balaban J connectivity index is 1.81. The molecule has 0 radical (unpaired) electrons. The van der Waals surface area contributed by atoms with Crippen molar-refractivity contribution in [3.05, 3.63) is 56.7 Å². The minimum absolute atomic E-state index is 0.000191. The van der Waals surface area contributed by atoms with Crippen LogP contribution >= 0.6 is 0 Å². The molecule has 0 aliphatic carbocycles. The Bertz CT molecular complexity index is 1110. The second-order valence-corrected chi connectivity index (χ2v) is 8.27. The number of nitrogen functional groups attached to an aromatic ring is 1. The van der Waals surface area contributed by atoms with E-state index in [2.05, 4.69) is 4.98 Å². The molecule has 2 heterocycles. The minimum Gasteiger partial charge on any atom is -0.383 e. The van der Waals surface area contributed by atoms with Gasteiger partial charge in [0, 0.05) is 39.8 Å². The Labute approximate surface area is 199 Å². The average molecular weight is 499 g/mol. The number of carbonyl (C=O) groups excluding carboxylic acids is 1. The highest BCUT2D eigenvalue weighted by Crippen LogP contribution is 2.20. The number of nitrogens with two attached hydrogens (primary N) is 1. The number of anilines is 2. The van der Waals surface area contributed by atoms with E-state index in [1.54, 1.807) is 29.2 Å². The number of H-pyrrole nitrogens is 1. The number of halogens is 3. The molecule has 0 saturated carbocycles. The third-order valence-electron chi connectivity index (χ3n) is 5.71. The number of amides is 1. The van der Waals surface area contributed by atoms with Gasteiger partial charge in [0.1, 0.15) is 5.82 Å². The van der Waals surface area contributed by atoms with Crippen LogP contribution in [0.3, 0.4) is 0 Å². The summed E-state index contributed by atoms with van der Waals surface area (Å²) in [6, 6.07) is 9.01. The van der Waals surface area contributed by atoms with Crippen molar-refractivity contribution in [3.8, 4) is 0 Å². The monoisotopic (exact) mass is 498 g/mol. The SMILES string of the molecule is COCCN(C(=O)CN1CCN(CC(F)(F)F)CC1)c1c(N)n(Cc2ccccc2)c(=O)[nH]c1=O. The third-order valence-corrected chi connectivity index (χ3v) is 5.71. The number of hydrogen-bond acceptors (Lipinski definition) is 7. The molecule has 10 nitrogen and oxygen atoms in total. The van der Waals surface area contributed by atoms with Gasteiger partial charge in [-0.3, -0.25) is 28.9 Å². The van der Waals surface area contributed by atoms with E-state index in [-0.39, 0.29) is 63.9 Å². The summed E-state index contributed by atoms with van der Waals surface area (Å²) in [6.45, 7) is -0.0851. The van der Waals surface area contributed by atoms with Crippen LogP contribution in [0.1, 0.15) is 5.56 Å². The van der Waals surface area contributed by atoms with Crippen molar-refractivity contribution in [2.75, 3.05) is 70.2 Å². The molecule has 0 bridgehead atoms. The summed E-state index contributed by atoms with van der Waals surface area (Å²) in [4.78, 5) is 44.8. The number of methoxy groups -OCH3 is 1. The maximum atomic E-state index is 13.2. The minimum atomic E-state index is -4.28. The molecule has 1 fully saturated rings. The lowest BCUT2D eigenvalue weighted by atomic mass is 10.2. The van der Waals surface area contributed by atoms with Gasteiger partial charge in [0.2, 0.25) is 5.91 Å². The van der Waals surface area contributed by atoms with Gasteiger partial charge >= 0.3 is 11.9 Å². The highest BCUT2D eigenvalue weighted by Gasteiger charge is 2.33. The van der Waals surface area contributed by atoms with Gasteiger partial charge in [-0.2, -0.15) is 13.2 Å². The van der Waals surface area contributed by atoms with Crippen molar-refractivity contribution >= 4 is 17.4 Å². The maximum Gasteiger partial charge on any atom is 0.401 e. The number of rotatable bonds is 9. The van der Waals surface area contributed by atoms with Gasteiger partial charge in [-0.15, -0.1) is 0 Å². The zero-order chi connectivity index (χ0) is 25.6. The molecule has 1 aromatic heterocycles. The van der Waals surface area contributed by atoms with Crippen molar-refractivity contribution < 1.29 is 22.7 Å². The number of carbonyl (C=O) groups is 1. The van der Waals surface area contributed by atoms with Gasteiger partial charge in [-0.25, -0.2) is 4.79 Å². The number of ether oxygens (including phenoxy) is 1. The Morgan fingerprint density at radius 1 is 1.11 bits per heavy atom. The summed E-state index contributed by atoms with van der Waals surface area (Å²) in [5, 5.41) is 0. The van der Waals surface area contributed by atoms with Crippen LogP contribution in [0.4, 0.5) is 24.7 Å². The Kier molecular flexibility index (Phi) is 8.70. The second kappa shape index (κ2) is 11.5. The lowest BCUT2D eigenvalue weighted by Crippen LogP contribution is -2.52. The van der Waals surface area contributed by atoms with Gasteiger partial charge in [-0.1, -0.05) is 30.3 Å². The molecule has 13 heteroatoms. The van der Waals surface area contributed by atoms with Crippen LogP contribution in [0, 0.1) is 0 Å². The van der Waals surface area contributed by atoms with Crippen LogP contribution in [0.15, 0.2) is 39.9 Å².